The van der Waals surface area contributed by atoms with Crippen LogP contribution in [-0.2, 0) is 19.7 Å². The largest absolute Gasteiger partial charge is 0.631 e. The van der Waals surface area contributed by atoms with E-state index in [1.807, 2.05) is 6.92 Å². The number of carbonyl (C=O) groups excluding carboxylic acids is 1. The zero-order valence-corrected chi connectivity index (χ0v) is 9.90. The minimum absolute atomic E-state index is 0.0847. The highest BCUT2D eigenvalue weighted by Crippen LogP contribution is 2.24. The zero-order valence-electron chi connectivity index (χ0n) is 9.09. The van der Waals surface area contributed by atoms with Crippen molar-refractivity contribution in [2.45, 2.75) is 25.8 Å². The Bertz CT molecular complexity index is 355. The Morgan fingerprint density at radius 2 is 2.44 bits per heavy atom. The van der Waals surface area contributed by atoms with Gasteiger partial charge < -0.3 is 15.4 Å². The zero-order chi connectivity index (χ0) is 12.3. The number of aliphatic carboxylic acids is 1. The fraction of sp³-hybridized carbons (Fsp3) is 0.778. The molecule has 0 radical (unpaired) electrons. The van der Waals surface area contributed by atoms with Crippen LogP contribution in [0.25, 0.3) is 0 Å². The van der Waals surface area contributed by atoms with Crippen molar-refractivity contribution in [1.29, 1.82) is 0 Å². The minimum atomic E-state index is -2.56. The second kappa shape index (κ2) is 5.03. The summed E-state index contributed by atoms with van der Waals surface area (Å²) >= 11 is 0. The number of rotatable bonds is 5. The van der Waals surface area contributed by atoms with Gasteiger partial charge in [-0.25, -0.2) is 0 Å². The summed E-state index contributed by atoms with van der Waals surface area (Å²) in [4.78, 5) is 21.8. The molecule has 3 N–H and O–H groups in total. The Kier molecular flexibility index (Phi) is 4.17. The summed E-state index contributed by atoms with van der Waals surface area (Å²) < 4.78 is 15.7. The van der Waals surface area contributed by atoms with E-state index in [1.165, 1.54) is 0 Å². The van der Waals surface area contributed by atoms with Crippen molar-refractivity contribution in [2.75, 3.05) is 11.5 Å². The highest BCUT2D eigenvalue weighted by Gasteiger charge is 2.35. The molecule has 1 unspecified atom stereocenters. The van der Waals surface area contributed by atoms with Crippen molar-refractivity contribution in [2.24, 2.45) is 16.0 Å². The van der Waals surface area contributed by atoms with Crippen molar-refractivity contribution in [3.63, 3.8) is 0 Å². The molecule has 1 rings (SSSR count). The quantitative estimate of drug-likeness (QED) is 0.655. The summed E-state index contributed by atoms with van der Waals surface area (Å²) in [6.07, 6.45) is 0.700. The van der Waals surface area contributed by atoms with E-state index in [-0.39, 0.29) is 29.8 Å². The Morgan fingerprint density at radius 1 is 1.81 bits per heavy atom. The maximum Gasteiger partial charge on any atom is 0.320 e. The maximum absolute atomic E-state index is 12.1. The lowest BCUT2D eigenvalue weighted by molar-refractivity contribution is -0.138. The third-order valence-electron chi connectivity index (χ3n) is 2.63. The molecule has 0 aromatic carbocycles. The summed E-state index contributed by atoms with van der Waals surface area (Å²) in [5.41, 5.74) is 5.30. The number of carboxylic acids is 1. The molecule has 3 atom stereocenters. The van der Waals surface area contributed by atoms with E-state index in [1.54, 1.807) is 0 Å². The Hall–Kier alpha value is -0.790. The van der Waals surface area contributed by atoms with Gasteiger partial charge in [-0.2, -0.15) is 0 Å². The van der Waals surface area contributed by atoms with Gasteiger partial charge in [-0.1, -0.05) is 21.4 Å². The molecule has 7 heteroatoms. The topological polar surface area (TPSA) is 116 Å². The van der Waals surface area contributed by atoms with Crippen molar-refractivity contribution in [1.82, 2.24) is 0 Å². The molecule has 6 nitrogen and oxygen atoms in total. The Balaban J connectivity index is 2.58. The van der Waals surface area contributed by atoms with Gasteiger partial charge in [-0.15, -0.1) is 0 Å². The molecule has 1 heterocycles. The molecule has 0 saturated heterocycles. The summed E-state index contributed by atoms with van der Waals surface area (Å²) in [5, 5.41) is 8.57. The molecule has 0 aromatic rings. The molecule has 1 aliphatic heterocycles. The predicted octanol–water partition coefficient (Wildman–Crippen LogP) is -0.177. The predicted molar refractivity (Wildman–Crippen MR) is 59.3 cm³/mol. The number of hydrogen-bond acceptors (Lipinski definition) is 4. The first-order valence-electron chi connectivity index (χ1n) is 5.12. The van der Waals surface area contributed by atoms with Gasteiger partial charge in [0.15, 0.2) is 0 Å². The first-order valence-corrected chi connectivity index (χ1v) is 6.98. The first kappa shape index (κ1) is 13.3. The second-order valence-electron chi connectivity index (χ2n) is 3.91. The smallest absolute Gasteiger partial charge is 0.320 e. The van der Waals surface area contributed by atoms with E-state index in [0.717, 1.165) is 0 Å². The number of carboxylic acid groups (broad SMARTS) is 1. The molecule has 92 valence electrons. The van der Waals surface area contributed by atoms with Crippen LogP contribution in [0, 0.1) is 5.92 Å². The molecular weight excluding hydrogens is 232 g/mol. The third kappa shape index (κ3) is 3.10. The third-order valence-corrected chi connectivity index (χ3v) is 4.93. The van der Waals surface area contributed by atoms with Crippen molar-refractivity contribution < 1.29 is 19.2 Å². The molecule has 0 bridgehead atoms. The van der Waals surface area contributed by atoms with E-state index >= 15 is 0 Å². The maximum atomic E-state index is 12.1. The fourth-order valence-electron chi connectivity index (χ4n) is 1.52. The van der Waals surface area contributed by atoms with Gasteiger partial charge in [-0.05, 0) is 6.42 Å². The summed E-state index contributed by atoms with van der Waals surface area (Å²) in [5.74, 6) is -1.39. The van der Waals surface area contributed by atoms with Crippen molar-refractivity contribution >= 4 is 22.0 Å². The number of carbonyl (C=O) groups is 2. The molecular formula is C9H16N2O4S. The fourth-order valence-corrected chi connectivity index (χ4v) is 3.96. The first-order chi connectivity index (χ1) is 7.38. The van der Waals surface area contributed by atoms with Crippen LogP contribution in [0.3, 0.4) is 0 Å². The average molecular weight is 248 g/mol. The number of nitrogens with two attached hydrogens (primary N) is 1. The lowest BCUT2D eigenvalue weighted by atomic mass is 10.1. The molecule has 1 aliphatic rings. The van der Waals surface area contributed by atoms with E-state index in [4.69, 9.17) is 10.8 Å². The lowest BCUT2D eigenvalue weighted by Gasteiger charge is -2.19. The molecule has 0 saturated carbocycles. The molecule has 16 heavy (non-hydrogen) atoms. The normalized spacial score (nSPS) is 31.2. The summed E-state index contributed by atoms with van der Waals surface area (Å²) in [7, 11) is -2.56. The monoisotopic (exact) mass is 248 g/mol. The Morgan fingerprint density at radius 3 is 2.88 bits per heavy atom. The van der Waals surface area contributed by atoms with Crippen LogP contribution < -0.4 is 5.73 Å². The van der Waals surface area contributed by atoms with Crippen LogP contribution in [0.15, 0.2) is 4.36 Å². The van der Waals surface area contributed by atoms with Gasteiger partial charge in [0.1, 0.15) is 11.8 Å². The van der Waals surface area contributed by atoms with Crippen LogP contribution in [0.2, 0.25) is 0 Å². The van der Waals surface area contributed by atoms with Gasteiger partial charge in [0.2, 0.25) is 0 Å². The summed E-state index contributed by atoms with van der Waals surface area (Å²) in [6.45, 7) is 1.84. The Labute approximate surface area is 95.1 Å². The molecule has 1 amide bonds. The number of hydrogen-bond donors (Lipinski definition) is 2. The van der Waals surface area contributed by atoms with E-state index in [2.05, 4.69) is 4.36 Å². The van der Waals surface area contributed by atoms with Gasteiger partial charge in [0, 0.05) is 6.42 Å². The van der Waals surface area contributed by atoms with Crippen LogP contribution in [0.1, 0.15) is 19.8 Å². The van der Waals surface area contributed by atoms with E-state index in [0.29, 0.717) is 6.42 Å². The highest BCUT2D eigenvalue weighted by molar-refractivity contribution is 8.00. The second-order valence-corrected chi connectivity index (χ2v) is 6.38. The molecule has 0 spiro atoms. The van der Waals surface area contributed by atoms with Gasteiger partial charge >= 0.3 is 5.97 Å². The minimum Gasteiger partial charge on any atom is -0.631 e. The van der Waals surface area contributed by atoms with E-state index in [9.17, 15) is 14.1 Å². The summed E-state index contributed by atoms with van der Waals surface area (Å²) in [6, 6.07) is -1.04. The van der Waals surface area contributed by atoms with Gasteiger partial charge in [0.05, 0.1) is 11.7 Å². The number of amides is 1. The van der Waals surface area contributed by atoms with Gasteiger partial charge in [0.25, 0.3) is 5.91 Å². The van der Waals surface area contributed by atoms with Gasteiger partial charge in [-0.3, -0.25) is 9.59 Å². The molecule has 0 aliphatic carbocycles. The standard InChI is InChI=1S/C9H16N2O4S/c1-2-6-5-16(15,11-8(6)12)4-3-7(10)9(13)14/h6-7H,2-5,10H2,1H3,(H-,11,12,13,14,15)/t6-,7+,16?/m1/s1. The van der Waals surface area contributed by atoms with Crippen LogP contribution in [0.4, 0.5) is 0 Å². The van der Waals surface area contributed by atoms with E-state index < -0.39 is 22.1 Å². The van der Waals surface area contributed by atoms with Crippen molar-refractivity contribution in [3.8, 4) is 0 Å². The highest BCUT2D eigenvalue weighted by atomic mass is 32.3. The lowest BCUT2D eigenvalue weighted by Crippen LogP contribution is -2.33. The number of nitrogens with zero attached hydrogens (tertiary/aromatic N) is 1. The van der Waals surface area contributed by atoms with Crippen LogP contribution in [0.5, 0.6) is 0 Å². The van der Waals surface area contributed by atoms with Crippen LogP contribution in [-0.4, -0.2) is 39.1 Å². The molecule has 0 fully saturated rings. The van der Waals surface area contributed by atoms with Crippen molar-refractivity contribution in [3.05, 3.63) is 0 Å². The average Bonchev–Trinajstić information content (AvgIpc) is 2.50. The van der Waals surface area contributed by atoms with Crippen LogP contribution >= 0.6 is 0 Å². The molecule has 0 aromatic heterocycles. The SMILES string of the molecule is CC[C@@H]1C[S+]([O-])(CC[C@H](N)C(=O)O)=NC1=O.